The number of hydrogen-bond acceptors (Lipinski definition) is 4. The predicted molar refractivity (Wildman–Crippen MR) is 104 cm³/mol. The minimum absolute atomic E-state index is 0. The largest absolute Gasteiger partial charge is 0.402 e. The van der Waals surface area contributed by atoms with Crippen molar-refractivity contribution in [2.24, 2.45) is 5.73 Å². The van der Waals surface area contributed by atoms with Crippen molar-refractivity contribution in [3.8, 4) is 0 Å². The second kappa shape index (κ2) is 10.1. The van der Waals surface area contributed by atoms with Gasteiger partial charge in [-0.05, 0) is 56.3 Å². The zero-order valence-corrected chi connectivity index (χ0v) is 14.5. The normalized spacial score (nSPS) is 16.7. The van der Waals surface area contributed by atoms with E-state index in [1.54, 1.807) is 6.92 Å². The first-order valence-electron chi connectivity index (χ1n) is 8.70. The molecule has 0 amide bonds. The maximum Gasteiger partial charge on any atom is 0.133 e. The molecule has 138 valence electrons. The van der Waals surface area contributed by atoms with Gasteiger partial charge in [0.25, 0.3) is 0 Å². The van der Waals surface area contributed by atoms with Crippen LogP contribution in [-0.2, 0) is 9.59 Å². The summed E-state index contributed by atoms with van der Waals surface area (Å²) >= 11 is 0. The summed E-state index contributed by atoms with van der Waals surface area (Å²) in [5.74, 6) is 0.774. The first kappa shape index (κ1) is 21.1. The lowest BCUT2D eigenvalue weighted by molar-refractivity contribution is -0.117. The van der Waals surface area contributed by atoms with E-state index in [9.17, 15) is 9.59 Å². The number of nitrogens with two attached hydrogens (primary N) is 1. The first-order chi connectivity index (χ1) is 11.5. The number of carbonyl (C=O) groups is 2. The van der Waals surface area contributed by atoms with Crippen LogP contribution in [0.4, 0.5) is 0 Å². The quantitative estimate of drug-likeness (QED) is 0.732. The number of nitrogens with zero attached hydrogens (tertiary/aromatic N) is 1. The number of allylic oxidation sites excluding steroid dienone is 1. The third-order valence-corrected chi connectivity index (χ3v) is 4.96. The summed E-state index contributed by atoms with van der Waals surface area (Å²) in [6.45, 7) is 7.99. The van der Waals surface area contributed by atoms with Crippen molar-refractivity contribution >= 4 is 12.1 Å². The number of hydrogen-bond donors (Lipinski definition) is 1. The van der Waals surface area contributed by atoms with Gasteiger partial charge in [0.05, 0.1) is 6.54 Å². The number of Topliss-reactive ketones (excluding diaryl/α,β-unsaturated/α-hetero) is 1. The van der Waals surface area contributed by atoms with Crippen molar-refractivity contribution in [2.45, 2.75) is 51.9 Å². The van der Waals surface area contributed by atoms with E-state index in [1.807, 2.05) is 0 Å². The SMILES string of the molecule is C.C=C(N)C(CCC(C)=O)c1ccc(C2CCN(CC=O)CC2)cc1. The Morgan fingerprint density at radius 2 is 1.92 bits per heavy atom. The lowest BCUT2D eigenvalue weighted by atomic mass is 9.86. The van der Waals surface area contributed by atoms with E-state index in [0.29, 0.717) is 31.0 Å². The van der Waals surface area contributed by atoms with Crippen LogP contribution in [0, 0.1) is 0 Å². The Morgan fingerprint density at radius 3 is 2.40 bits per heavy atom. The summed E-state index contributed by atoms with van der Waals surface area (Å²) in [7, 11) is 0. The van der Waals surface area contributed by atoms with Gasteiger partial charge in [0.1, 0.15) is 12.1 Å². The molecule has 1 atom stereocenters. The highest BCUT2D eigenvalue weighted by molar-refractivity contribution is 5.75. The fraction of sp³-hybridized carbons (Fsp3) is 0.524. The van der Waals surface area contributed by atoms with Gasteiger partial charge in [-0.15, -0.1) is 0 Å². The predicted octanol–water partition coefficient (Wildman–Crippen LogP) is 3.63. The van der Waals surface area contributed by atoms with E-state index in [2.05, 4.69) is 35.7 Å². The average Bonchev–Trinajstić information content (AvgIpc) is 2.56. The minimum atomic E-state index is 0. The van der Waals surface area contributed by atoms with Crippen LogP contribution in [0.25, 0.3) is 0 Å². The zero-order valence-electron chi connectivity index (χ0n) is 14.5. The number of aldehydes is 1. The molecule has 1 aromatic rings. The van der Waals surface area contributed by atoms with Gasteiger partial charge >= 0.3 is 0 Å². The molecule has 0 radical (unpaired) electrons. The monoisotopic (exact) mass is 344 g/mol. The van der Waals surface area contributed by atoms with Crippen LogP contribution in [0.2, 0.25) is 0 Å². The first-order valence-corrected chi connectivity index (χ1v) is 8.70. The van der Waals surface area contributed by atoms with Gasteiger partial charge in [-0.25, -0.2) is 0 Å². The van der Waals surface area contributed by atoms with Crippen LogP contribution in [0.3, 0.4) is 0 Å². The Bertz CT molecular complexity index is 572. The molecule has 0 spiro atoms. The molecule has 4 nitrogen and oxygen atoms in total. The molecule has 2 rings (SSSR count). The molecule has 1 saturated heterocycles. The Kier molecular flexibility index (Phi) is 8.56. The summed E-state index contributed by atoms with van der Waals surface area (Å²) in [6.07, 6.45) is 4.40. The van der Waals surface area contributed by atoms with Crippen molar-refractivity contribution < 1.29 is 9.59 Å². The van der Waals surface area contributed by atoms with Crippen LogP contribution in [0.5, 0.6) is 0 Å². The van der Waals surface area contributed by atoms with Crippen LogP contribution < -0.4 is 5.73 Å². The van der Waals surface area contributed by atoms with E-state index < -0.39 is 0 Å². The Balaban J connectivity index is 0.00000312. The van der Waals surface area contributed by atoms with Crippen molar-refractivity contribution in [3.05, 3.63) is 47.7 Å². The highest BCUT2D eigenvalue weighted by atomic mass is 16.1. The molecule has 1 unspecified atom stereocenters. The second-order valence-corrected chi connectivity index (χ2v) is 6.78. The van der Waals surface area contributed by atoms with Crippen LogP contribution >= 0.6 is 0 Å². The average molecular weight is 344 g/mol. The molecule has 1 aliphatic heterocycles. The van der Waals surface area contributed by atoms with Crippen molar-refractivity contribution in [3.63, 3.8) is 0 Å². The van der Waals surface area contributed by atoms with E-state index in [-0.39, 0.29) is 19.1 Å². The van der Waals surface area contributed by atoms with Crippen molar-refractivity contribution in [1.82, 2.24) is 4.90 Å². The third-order valence-electron chi connectivity index (χ3n) is 4.96. The van der Waals surface area contributed by atoms with Crippen LogP contribution in [0.1, 0.15) is 63.0 Å². The van der Waals surface area contributed by atoms with Gasteiger partial charge in [-0.1, -0.05) is 38.3 Å². The van der Waals surface area contributed by atoms with Crippen LogP contribution in [0.15, 0.2) is 36.5 Å². The van der Waals surface area contributed by atoms with Gasteiger partial charge in [0.15, 0.2) is 0 Å². The number of piperidine rings is 1. The molecule has 1 fully saturated rings. The van der Waals surface area contributed by atoms with E-state index in [4.69, 9.17) is 5.73 Å². The van der Waals surface area contributed by atoms with E-state index in [0.717, 1.165) is 37.8 Å². The summed E-state index contributed by atoms with van der Waals surface area (Å²) in [5.41, 5.74) is 9.03. The summed E-state index contributed by atoms with van der Waals surface area (Å²) < 4.78 is 0. The molecule has 1 heterocycles. The van der Waals surface area contributed by atoms with E-state index >= 15 is 0 Å². The van der Waals surface area contributed by atoms with Crippen molar-refractivity contribution in [2.75, 3.05) is 19.6 Å². The molecule has 4 heteroatoms. The van der Waals surface area contributed by atoms with Gasteiger partial charge < -0.3 is 15.3 Å². The molecule has 2 N–H and O–H groups in total. The molecule has 1 aliphatic rings. The molecule has 1 aromatic carbocycles. The molecule has 0 aliphatic carbocycles. The standard InChI is InChI=1S/C20H28N2O2.CH4/c1-15(24)3-8-20(16(2)21)19-6-4-17(5-7-19)18-9-11-22(12-10-18)13-14-23;/h4-7,14,18,20H,2-3,8-13,21H2,1H3;1H4. The molecule has 0 saturated carbocycles. The zero-order chi connectivity index (χ0) is 17.5. The highest BCUT2D eigenvalue weighted by Gasteiger charge is 2.21. The van der Waals surface area contributed by atoms with E-state index in [1.165, 1.54) is 5.56 Å². The van der Waals surface area contributed by atoms with Gasteiger partial charge in [0, 0.05) is 18.0 Å². The summed E-state index contributed by atoms with van der Waals surface area (Å²) in [6, 6.07) is 8.60. The molecule has 0 bridgehead atoms. The summed E-state index contributed by atoms with van der Waals surface area (Å²) in [4.78, 5) is 24.0. The van der Waals surface area contributed by atoms with Crippen LogP contribution in [-0.4, -0.2) is 36.6 Å². The molecule has 0 aromatic heterocycles. The number of likely N-dealkylation sites (tertiary alicyclic amines) is 1. The Morgan fingerprint density at radius 1 is 1.32 bits per heavy atom. The lowest BCUT2D eigenvalue weighted by Gasteiger charge is -2.31. The van der Waals surface area contributed by atoms with Crippen molar-refractivity contribution in [1.29, 1.82) is 0 Å². The molecular weight excluding hydrogens is 312 g/mol. The minimum Gasteiger partial charge on any atom is -0.402 e. The fourth-order valence-corrected chi connectivity index (χ4v) is 3.47. The second-order valence-electron chi connectivity index (χ2n) is 6.78. The number of carbonyl (C=O) groups excluding carboxylic acids is 2. The topological polar surface area (TPSA) is 63.4 Å². The lowest BCUT2D eigenvalue weighted by Crippen LogP contribution is -2.34. The fourth-order valence-electron chi connectivity index (χ4n) is 3.47. The highest BCUT2D eigenvalue weighted by Crippen LogP contribution is 2.31. The Labute approximate surface area is 152 Å². The Hall–Kier alpha value is -1.94. The third kappa shape index (κ3) is 6.13. The van der Waals surface area contributed by atoms with Gasteiger partial charge in [0.2, 0.25) is 0 Å². The van der Waals surface area contributed by atoms with Gasteiger partial charge in [-0.2, -0.15) is 0 Å². The maximum absolute atomic E-state index is 11.2. The number of ketones is 1. The number of benzene rings is 1. The summed E-state index contributed by atoms with van der Waals surface area (Å²) in [5, 5.41) is 0. The maximum atomic E-state index is 11.2. The smallest absolute Gasteiger partial charge is 0.133 e. The number of rotatable bonds is 8. The van der Waals surface area contributed by atoms with Gasteiger partial charge in [-0.3, -0.25) is 4.90 Å². The molecule has 25 heavy (non-hydrogen) atoms. The molecular formula is C21H32N2O2.